The summed E-state index contributed by atoms with van der Waals surface area (Å²) >= 11 is 0. The van der Waals surface area contributed by atoms with Crippen LogP contribution < -0.4 is 10.6 Å². The van der Waals surface area contributed by atoms with Crippen LogP contribution in [-0.4, -0.2) is 52.5 Å². The predicted octanol–water partition coefficient (Wildman–Crippen LogP) is 0.450. The van der Waals surface area contributed by atoms with Crippen LogP contribution in [0.5, 0.6) is 0 Å². The van der Waals surface area contributed by atoms with Gasteiger partial charge in [-0.2, -0.15) is 0 Å². The van der Waals surface area contributed by atoms with Gasteiger partial charge >= 0.3 is 12.0 Å². The van der Waals surface area contributed by atoms with Crippen molar-refractivity contribution in [2.24, 2.45) is 0 Å². The summed E-state index contributed by atoms with van der Waals surface area (Å²) in [6, 6.07) is -0.253. The van der Waals surface area contributed by atoms with E-state index in [9.17, 15) is 9.59 Å². The number of carboxylic acid groups (broad SMARTS) is 1. The number of carboxylic acids is 1. The maximum absolute atomic E-state index is 11.7. The van der Waals surface area contributed by atoms with Crippen molar-refractivity contribution in [1.29, 1.82) is 0 Å². The lowest BCUT2D eigenvalue weighted by atomic mass is 9.80. The van der Waals surface area contributed by atoms with Crippen LogP contribution in [0.2, 0.25) is 0 Å². The predicted molar refractivity (Wildman–Crippen MR) is 74.2 cm³/mol. The average molecular weight is 296 g/mol. The highest BCUT2D eigenvalue weighted by Gasteiger charge is 2.37. The van der Waals surface area contributed by atoms with E-state index in [1.54, 1.807) is 11.7 Å². The van der Waals surface area contributed by atoms with E-state index in [-0.39, 0.29) is 17.3 Å². The Labute approximate surface area is 122 Å². The van der Waals surface area contributed by atoms with E-state index in [0.717, 1.165) is 19.3 Å². The van der Waals surface area contributed by atoms with E-state index < -0.39 is 5.97 Å². The Morgan fingerprint density at radius 2 is 2.24 bits per heavy atom. The lowest BCUT2D eigenvalue weighted by Gasteiger charge is -2.40. The van der Waals surface area contributed by atoms with E-state index in [0.29, 0.717) is 19.6 Å². The maximum atomic E-state index is 11.7. The van der Waals surface area contributed by atoms with Crippen LogP contribution in [0, 0.1) is 0 Å². The number of urea groups is 1. The molecule has 3 N–H and O–H groups in total. The first kappa shape index (κ1) is 15.3. The fourth-order valence-electron chi connectivity index (χ4n) is 2.22. The Morgan fingerprint density at radius 1 is 1.48 bits per heavy atom. The molecule has 0 atom stereocenters. The minimum atomic E-state index is -1.06. The minimum Gasteiger partial charge on any atom is -0.476 e. The molecule has 1 heterocycles. The molecule has 1 aliphatic carbocycles. The molecule has 116 valence electrons. The molecular formula is C13H20N4O4. The molecule has 21 heavy (non-hydrogen) atoms. The largest absolute Gasteiger partial charge is 0.476 e. The summed E-state index contributed by atoms with van der Waals surface area (Å²) in [5, 5.41) is 14.2. The van der Waals surface area contributed by atoms with Crippen LogP contribution in [0.15, 0.2) is 12.5 Å². The normalized spacial score (nSPS) is 16.0. The number of hydrogen-bond acceptors (Lipinski definition) is 4. The summed E-state index contributed by atoms with van der Waals surface area (Å²) < 4.78 is 7.03. The topological polar surface area (TPSA) is 105 Å². The Balaban J connectivity index is 1.65. The van der Waals surface area contributed by atoms with E-state index in [4.69, 9.17) is 9.84 Å². The molecule has 0 aliphatic heterocycles. The van der Waals surface area contributed by atoms with Gasteiger partial charge in [-0.25, -0.2) is 14.6 Å². The second-order valence-electron chi connectivity index (χ2n) is 5.15. The van der Waals surface area contributed by atoms with Crippen molar-refractivity contribution in [1.82, 2.24) is 20.2 Å². The fourth-order valence-corrected chi connectivity index (χ4v) is 2.22. The van der Waals surface area contributed by atoms with Gasteiger partial charge in [-0.1, -0.05) is 0 Å². The fraction of sp³-hybridized carbons (Fsp3) is 0.615. The number of amides is 2. The Bertz CT molecular complexity index is 505. The second-order valence-corrected chi connectivity index (χ2v) is 5.15. The molecule has 1 aliphatic rings. The van der Waals surface area contributed by atoms with Crippen molar-refractivity contribution in [2.45, 2.75) is 31.4 Å². The number of imidazole rings is 1. The third kappa shape index (κ3) is 3.94. The zero-order valence-corrected chi connectivity index (χ0v) is 12.0. The molecule has 2 rings (SSSR count). The number of nitrogens with zero attached hydrogens (tertiary/aromatic N) is 2. The Kier molecular flexibility index (Phi) is 4.79. The molecule has 0 bridgehead atoms. The van der Waals surface area contributed by atoms with Gasteiger partial charge in [0.1, 0.15) is 0 Å². The number of methoxy groups -OCH3 is 1. The van der Waals surface area contributed by atoms with Crippen LogP contribution in [0.4, 0.5) is 4.79 Å². The van der Waals surface area contributed by atoms with E-state index >= 15 is 0 Å². The third-order valence-corrected chi connectivity index (χ3v) is 3.78. The van der Waals surface area contributed by atoms with Crippen LogP contribution in [0.3, 0.4) is 0 Å². The summed E-state index contributed by atoms with van der Waals surface area (Å²) in [6.07, 6.45) is 5.92. The van der Waals surface area contributed by atoms with Gasteiger partial charge in [0, 0.05) is 32.9 Å². The van der Waals surface area contributed by atoms with Gasteiger partial charge in [0.2, 0.25) is 0 Å². The second kappa shape index (κ2) is 6.57. The number of aromatic carboxylic acids is 1. The van der Waals surface area contributed by atoms with Gasteiger partial charge in [-0.3, -0.25) is 0 Å². The number of hydrogen-bond donors (Lipinski definition) is 3. The van der Waals surface area contributed by atoms with Crippen molar-refractivity contribution >= 4 is 12.0 Å². The number of ether oxygens (including phenoxy) is 1. The summed E-state index contributed by atoms with van der Waals surface area (Å²) in [7, 11) is 1.66. The molecule has 1 aromatic heterocycles. The highest BCUT2D eigenvalue weighted by atomic mass is 16.5. The molecule has 0 spiro atoms. The standard InChI is InChI=1S/C13H20N4O4/c1-21-13(3-2-4-13)8-15-12(20)14-5-6-17-7-10(11(18)19)16-9-17/h7,9H,2-6,8H2,1H3,(H,18,19)(H2,14,15,20). The summed E-state index contributed by atoms with van der Waals surface area (Å²) in [5.41, 5.74) is -0.204. The van der Waals surface area contributed by atoms with Gasteiger partial charge in [0.05, 0.1) is 11.9 Å². The lowest BCUT2D eigenvalue weighted by Crippen LogP contribution is -2.51. The highest BCUT2D eigenvalue weighted by Crippen LogP contribution is 2.34. The first-order valence-electron chi connectivity index (χ1n) is 6.87. The minimum absolute atomic E-state index is 0.00790. The van der Waals surface area contributed by atoms with E-state index in [1.807, 2.05) is 0 Å². The average Bonchev–Trinajstić information content (AvgIpc) is 2.87. The molecule has 8 heteroatoms. The third-order valence-electron chi connectivity index (χ3n) is 3.78. The molecule has 1 fully saturated rings. The molecule has 0 aromatic carbocycles. The molecule has 0 unspecified atom stereocenters. The number of carbonyl (C=O) groups excluding carboxylic acids is 1. The van der Waals surface area contributed by atoms with Crippen LogP contribution >= 0.6 is 0 Å². The number of rotatable bonds is 7. The first-order valence-corrected chi connectivity index (χ1v) is 6.87. The van der Waals surface area contributed by atoms with Crippen molar-refractivity contribution in [2.75, 3.05) is 20.2 Å². The monoisotopic (exact) mass is 296 g/mol. The Hall–Kier alpha value is -2.09. The van der Waals surface area contributed by atoms with Crippen molar-refractivity contribution in [3.8, 4) is 0 Å². The zero-order chi connectivity index (χ0) is 15.3. The molecule has 1 saturated carbocycles. The van der Waals surface area contributed by atoms with Crippen molar-refractivity contribution in [3.05, 3.63) is 18.2 Å². The Morgan fingerprint density at radius 3 is 2.76 bits per heavy atom. The van der Waals surface area contributed by atoms with Gasteiger partial charge < -0.3 is 25.0 Å². The van der Waals surface area contributed by atoms with Gasteiger partial charge in [-0.15, -0.1) is 0 Å². The number of carbonyl (C=O) groups is 2. The SMILES string of the molecule is COC1(CNC(=O)NCCn2cnc(C(=O)O)c2)CCC1. The number of nitrogens with one attached hydrogen (secondary N) is 2. The van der Waals surface area contributed by atoms with Crippen LogP contribution in [0.1, 0.15) is 29.8 Å². The van der Waals surface area contributed by atoms with Gasteiger partial charge in [0.15, 0.2) is 5.69 Å². The molecule has 0 saturated heterocycles. The van der Waals surface area contributed by atoms with Gasteiger partial charge in [0.25, 0.3) is 0 Å². The molecule has 0 radical (unpaired) electrons. The summed E-state index contributed by atoms with van der Waals surface area (Å²) in [4.78, 5) is 26.1. The zero-order valence-electron chi connectivity index (χ0n) is 12.0. The number of aromatic nitrogens is 2. The summed E-state index contributed by atoms with van der Waals surface area (Å²) in [5.74, 6) is -1.06. The van der Waals surface area contributed by atoms with Crippen molar-refractivity contribution in [3.63, 3.8) is 0 Å². The van der Waals surface area contributed by atoms with Crippen LogP contribution in [0.25, 0.3) is 0 Å². The van der Waals surface area contributed by atoms with Crippen molar-refractivity contribution < 1.29 is 19.4 Å². The smallest absolute Gasteiger partial charge is 0.356 e. The molecular weight excluding hydrogens is 276 g/mol. The summed E-state index contributed by atoms with van der Waals surface area (Å²) in [6.45, 7) is 1.36. The van der Waals surface area contributed by atoms with Gasteiger partial charge in [-0.05, 0) is 19.3 Å². The highest BCUT2D eigenvalue weighted by molar-refractivity contribution is 5.84. The maximum Gasteiger partial charge on any atom is 0.356 e. The molecule has 1 aromatic rings. The molecule has 2 amide bonds. The van der Waals surface area contributed by atoms with E-state index in [1.165, 1.54) is 12.5 Å². The molecule has 8 nitrogen and oxygen atoms in total. The lowest BCUT2D eigenvalue weighted by molar-refractivity contribution is -0.0673. The van der Waals surface area contributed by atoms with Crippen LogP contribution in [-0.2, 0) is 11.3 Å². The quantitative estimate of drug-likeness (QED) is 0.677. The van der Waals surface area contributed by atoms with E-state index in [2.05, 4.69) is 15.6 Å². The first-order chi connectivity index (χ1) is 10.0.